The van der Waals surface area contributed by atoms with Crippen LogP contribution >= 0.6 is 11.3 Å². The molecule has 0 spiro atoms. The number of nitrogens with one attached hydrogen (secondary N) is 1. The van der Waals surface area contributed by atoms with Crippen molar-refractivity contribution in [2.45, 2.75) is 0 Å². The topological polar surface area (TPSA) is 36.7 Å². The van der Waals surface area contributed by atoms with Gasteiger partial charge in [-0.15, -0.1) is 0 Å². The van der Waals surface area contributed by atoms with Crippen LogP contribution in [0.5, 0.6) is 0 Å². The Morgan fingerprint density at radius 1 is 1.50 bits per heavy atom. The van der Waals surface area contributed by atoms with E-state index in [1.54, 1.807) is 11.6 Å². The molecule has 1 rings (SSSR count). The minimum atomic E-state index is 0. The first-order valence-electron chi connectivity index (χ1n) is 1.50. The zero-order valence-electron chi connectivity index (χ0n) is 3.77. The molecular weight excluding hydrogens is 469 g/mol. The summed E-state index contributed by atoms with van der Waals surface area (Å²) in [6.45, 7) is 0. The first-order chi connectivity index (χ1) is 2.89. The summed E-state index contributed by atoms with van der Waals surface area (Å²) in [5.74, 6) is 0. The van der Waals surface area contributed by atoms with E-state index in [2.05, 4.69) is 4.98 Å². The predicted octanol–water partition coefficient (Wildman–Crippen LogP) is 1.82. The van der Waals surface area contributed by atoms with E-state index in [1.165, 1.54) is 11.3 Å². The fourth-order valence-electron chi connectivity index (χ4n) is 0.223. The van der Waals surface area contributed by atoms with Gasteiger partial charge in [0.15, 0.2) is 0 Å². The van der Waals surface area contributed by atoms with Crippen molar-refractivity contribution in [2.24, 2.45) is 0 Å². The number of aromatic nitrogens is 1. The van der Waals surface area contributed by atoms with Gasteiger partial charge in [0.25, 0.3) is 0 Å². The molecule has 0 bridgehead atoms. The third kappa shape index (κ3) is 3.72. The van der Waals surface area contributed by atoms with Crippen LogP contribution < -0.4 is 0 Å². The Balaban J connectivity index is 0. The quantitative estimate of drug-likeness (QED) is 0.569. The molecule has 46 valence electrons. The summed E-state index contributed by atoms with van der Waals surface area (Å²) < 4.78 is 0. The van der Waals surface area contributed by atoms with Crippen molar-refractivity contribution in [3.8, 4) is 0 Å². The minimum absolute atomic E-state index is 0. The van der Waals surface area contributed by atoms with Crippen molar-refractivity contribution in [2.75, 3.05) is 0 Å². The smallest absolute Gasteiger partial charge is 0 e. The Hall–Kier alpha value is 0.755. The normalized spacial score (nSPS) is 6.50. The van der Waals surface area contributed by atoms with Gasteiger partial charge in [-0.2, -0.15) is 11.3 Å². The Morgan fingerprint density at radius 3 is 2.25 bits per heavy atom. The van der Waals surface area contributed by atoms with E-state index in [9.17, 15) is 0 Å². The first-order valence-corrected chi connectivity index (χ1v) is 2.38. The number of hydrogen-bond donors (Lipinski definition) is 0. The first kappa shape index (κ1) is 11.5. The van der Waals surface area contributed by atoms with Crippen molar-refractivity contribution in [1.82, 2.24) is 4.98 Å². The maximum absolute atomic E-state index is 6.78. The number of hydrogen-bond acceptors (Lipinski definition) is 2. The Bertz CT molecular complexity index is 119. The van der Waals surface area contributed by atoms with Gasteiger partial charge in [0.1, 0.15) is 0 Å². The second-order valence-corrected chi connectivity index (χ2v) is 1.73. The average molecular weight is 472 g/mol. The van der Waals surface area contributed by atoms with Crippen LogP contribution in [-0.2, 0) is 40.8 Å². The standard InChI is InChI=1S/C3H3N2S.2Re/c4-3-5-1-2-6-3;;/h1-2H,(H-,4,5);;/q-1;;. The number of rotatable bonds is 0. The van der Waals surface area contributed by atoms with Crippen LogP contribution in [0.3, 0.4) is 0 Å². The van der Waals surface area contributed by atoms with Crippen molar-refractivity contribution in [1.29, 1.82) is 0 Å². The molecule has 0 aliphatic heterocycles. The van der Waals surface area contributed by atoms with Crippen molar-refractivity contribution < 1.29 is 40.8 Å². The molecular formula is C3H3N2Re2S-. The van der Waals surface area contributed by atoms with Crippen LogP contribution in [0, 0.1) is 0 Å². The van der Waals surface area contributed by atoms with Crippen LogP contribution in [0.2, 0.25) is 0 Å². The van der Waals surface area contributed by atoms with Gasteiger partial charge in [-0.25, -0.2) is 0 Å². The molecule has 1 heterocycles. The van der Waals surface area contributed by atoms with Crippen molar-refractivity contribution in [3.63, 3.8) is 0 Å². The molecule has 8 heavy (non-hydrogen) atoms. The van der Waals surface area contributed by atoms with Crippen LogP contribution in [-0.4, -0.2) is 4.98 Å². The van der Waals surface area contributed by atoms with E-state index in [-0.39, 0.29) is 40.8 Å². The third-order valence-electron chi connectivity index (χ3n) is 0.432. The zero-order valence-corrected chi connectivity index (χ0v) is 10.0. The Morgan fingerprint density at radius 2 is 2.12 bits per heavy atom. The average Bonchev–Trinajstić information content (AvgIpc) is 1.86. The molecule has 1 aromatic heterocycles. The summed E-state index contributed by atoms with van der Waals surface area (Å²) in [4.78, 5) is 3.60. The summed E-state index contributed by atoms with van der Waals surface area (Å²) in [6.07, 6.45) is 1.62. The molecule has 0 saturated carbocycles. The third-order valence-corrected chi connectivity index (χ3v) is 1.02. The van der Waals surface area contributed by atoms with Crippen LogP contribution in [0.4, 0.5) is 5.13 Å². The van der Waals surface area contributed by atoms with E-state index < -0.39 is 0 Å². The molecule has 2 nitrogen and oxygen atoms in total. The molecule has 2 radical (unpaired) electrons. The van der Waals surface area contributed by atoms with Gasteiger partial charge in [0, 0.05) is 40.8 Å². The molecule has 0 fully saturated rings. The second-order valence-electron chi connectivity index (χ2n) is 0.837. The fraction of sp³-hybridized carbons (Fsp3) is 0. The van der Waals surface area contributed by atoms with Gasteiger partial charge in [-0.3, -0.25) is 0 Å². The fourth-order valence-corrected chi connectivity index (χ4v) is 0.596. The van der Waals surface area contributed by atoms with E-state index in [0.29, 0.717) is 5.13 Å². The maximum atomic E-state index is 6.78. The Kier molecular flexibility index (Phi) is 8.49. The monoisotopic (exact) mass is 473 g/mol. The molecule has 0 aromatic carbocycles. The van der Waals surface area contributed by atoms with Gasteiger partial charge in [-0.05, 0) is 10.5 Å². The molecule has 0 amide bonds. The summed E-state index contributed by atoms with van der Waals surface area (Å²) in [5, 5.41) is 2.16. The molecule has 5 heteroatoms. The molecule has 1 aromatic rings. The zero-order chi connectivity index (χ0) is 4.41. The van der Waals surface area contributed by atoms with E-state index >= 15 is 0 Å². The van der Waals surface area contributed by atoms with Gasteiger partial charge in [-0.1, -0.05) is 6.20 Å². The van der Waals surface area contributed by atoms with Gasteiger partial charge in [0.2, 0.25) is 0 Å². The largest absolute Gasteiger partial charge is 0.473 e. The predicted molar refractivity (Wildman–Crippen MR) is 26.1 cm³/mol. The van der Waals surface area contributed by atoms with Gasteiger partial charge < -0.3 is 10.7 Å². The second kappa shape index (κ2) is 5.88. The van der Waals surface area contributed by atoms with Gasteiger partial charge in [0.05, 0.1) is 0 Å². The van der Waals surface area contributed by atoms with E-state index in [4.69, 9.17) is 5.73 Å². The van der Waals surface area contributed by atoms with Crippen molar-refractivity contribution in [3.05, 3.63) is 17.3 Å². The summed E-state index contributed by atoms with van der Waals surface area (Å²) in [5.41, 5.74) is 6.78. The molecule has 0 aliphatic rings. The van der Waals surface area contributed by atoms with E-state index in [1.807, 2.05) is 0 Å². The van der Waals surface area contributed by atoms with Crippen LogP contribution in [0.15, 0.2) is 11.6 Å². The number of thiazole rings is 1. The van der Waals surface area contributed by atoms with Crippen LogP contribution in [0.25, 0.3) is 5.73 Å². The van der Waals surface area contributed by atoms with Crippen molar-refractivity contribution >= 4 is 16.5 Å². The number of nitrogens with zero attached hydrogens (tertiary/aromatic N) is 1. The minimum Gasteiger partial charge on any atom is -0.473 e. The molecule has 0 unspecified atom stereocenters. The summed E-state index contributed by atoms with van der Waals surface area (Å²) >= 11 is 1.33. The summed E-state index contributed by atoms with van der Waals surface area (Å²) in [6, 6.07) is 0. The van der Waals surface area contributed by atoms with Gasteiger partial charge >= 0.3 is 0 Å². The molecule has 1 N–H and O–H groups in total. The molecule has 0 aliphatic carbocycles. The summed E-state index contributed by atoms with van der Waals surface area (Å²) in [7, 11) is 0. The SMILES string of the molecule is [NH-]c1nccs1.[Re].[Re]. The van der Waals surface area contributed by atoms with E-state index in [0.717, 1.165) is 0 Å². The maximum Gasteiger partial charge on any atom is 0 e. The molecule has 0 saturated heterocycles. The molecule has 0 atom stereocenters. The van der Waals surface area contributed by atoms with Crippen LogP contribution in [0.1, 0.15) is 0 Å². The Labute approximate surface area is 79.2 Å².